The van der Waals surface area contributed by atoms with Gasteiger partial charge in [-0.1, -0.05) is 41.9 Å². The Morgan fingerprint density at radius 3 is 2.56 bits per heavy atom. The zero-order chi connectivity index (χ0) is 22.7. The molecule has 162 valence electrons. The number of ether oxygens (including phenoxy) is 2. The molecule has 32 heavy (non-hydrogen) atoms. The van der Waals surface area contributed by atoms with Gasteiger partial charge in [-0.05, 0) is 31.2 Å². The second kappa shape index (κ2) is 9.20. The molecule has 0 aliphatic rings. The number of aromatic nitrogens is 3. The maximum Gasteiger partial charge on any atom is 0.339 e. The molecule has 0 amide bonds. The van der Waals surface area contributed by atoms with Crippen molar-refractivity contribution >= 4 is 34.4 Å². The number of hydrogen-bond acceptors (Lipinski definition) is 6. The van der Waals surface area contributed by atoms with Gasteiger partial charge in [0.1, 0.15) is 5.75 Å². The quantitative estimate of drug-likeness (QED) is 0.297. The molecule has 2 heterocycles. The number of rotatable bonds is 7. The lowest BCUT2D eigenvalue weighted by Gasteiger charge is -2.09. The van der Waals surface area contributed by atoms with E-state index in [2.05, 4.69) is 10.1 Å². The lowest BCUT2D eigenvalue weighted by Crippen LogP contribution is -2.15. The zero-order valence-electron chi connectivity index (χ0n) is 17.5. The normalized spacial score (nSPS) is 10.8. The number of fused-ring (bicyclic) bond motifs is 1. The highest BCUT2D eigenvalue weighted by Gasteiger charge is 2.20. The molecule has 0 N–H and O–H groups in total. The third kappa shape index (κ3) is 4.20. The average Bonchev–Trinajstić information content (AvgIpc) is 3.25. The fourth-order valence-corrected chi connectivity index (χ4v) is 3.59. The van der Waals surface area contributed by atoms with Crippen LogP contribution in [0.5, 0.6) is 5.75 Å². The van der Waals surface area contributed by atoms with Crippen LogP contribution >= 0.6 is 11.6 Å². The Labute approximate surface area is 189 Å². The van der Waals surface area contributed by atoms with E-state index in [4.69, 9.17) is 21.1 Å². The Morgan fingerprint density at radius 1 is 1.09 bits per heavy atom. The molecule has 0 saturated heterocycles. The average molecular weight is 450 g/mol. The summed E-state index contributed by atoms with van der Waals surface area (Å²) in [5, 5.41) is 5.19. The summed E-state index contributed by atoms with van der Waals surface area (Å²) in [6.45, 7) is 2.12. The summed E-state index contributed by atoms with van der Waals surface area (Å²) in [4.78, 5) is 30.2. The summed E-state index contributed by atoms with van der Waals surface area (Å²) in [7, 11) is 1.49. The van der Waals surface area contributed by atoms with Crippen molar-refractivity contribution in [1.82, 2.24) is 14.8 Å². The van der Waals surface area contributed by atoms with E-state index in [-0.39, 0.29) is 5.78 Å². The molecule has 0 saturated carbocycles. The summed E-state index contributed by atoms with van der Waals surface area (Å²) in [5.74, 6) is -0.542. The van der Waals surface area contributed by atoms with Crippen LogP contribution in [0.2, 0.25) is 5.02 Å². The van der Waals surface area contributed by atoms with Gasteiger partial charge >= 0.3 is 5.97 Å². The largest absolute Gasteiger partial charge is 0.495 e. The maximum atomic E-state index is 13.0. The Kier molecular flexibility index (Phi) is 6.18. The van der Waals surface area contributed by atoms with Gasteiger partial charge in [0.15, 0.2) is 18.0 Å². The van der Waals surface area contributed by atoms with Crippen LogP contribution < -0.4 is 4.74 Å². The van der Waals surface area contributed by atoms with E-state index in [0.29, 0.717) is 45.2 Å². The maximum absolute atomic E-state index is 13.0. The first kappa shape index (κ1) is 21.5. The molecule has 4 aromatic rings. The van der Waals surface area contributed by atoms with Crippen molar-refractivity contribution in [3.8, 4) is 17.0 Å². The minimum Gasteiger partial charge on any atom is -0.495 e. The third-order valence-electron chi connectivity index (χ3n) is 5.01. The molecule has 2 aromatic heterocycles. The molecule has 0 aliphatic carbocycles. The van der Waals surface area contributed by atoms with Gasteiger partial charge in [0.25, 0.3) is 0 Å². The van der Waals surface area contributed by atoms with Crippen LogP contribution in [0.25, 0.3) is 22.3 Å². The number of carbonyl (C=O) groups excluding carboxylic acids is 2. The number of methoxy groups -OCH3 is 1. The number of hydrogen-bond donors (Lipinski definition) is 0. The molecule has 0 unspecified atom stereocenters. The Morgan fingerprint density at radius 2 is 1.88 bits per heavy atom. The number of carbonyl (C=O) groups is 2. The van der Waals surface area contributed by atoms with Crippen molar-refractivity contribution in [2.24, 2.45) is 0 Å². The second-order valence-electron chi connectivity index (χ2n) is 6.97. The molecular weight excluding hydrogens is 430 g/mol. The Bertz CT molecular complexity index is 1300. The van der Waals surface area contributed by atoms with Crippen LogP contribution in [0.4, 0.5) is 0 Å². The highest BCUT2D eigenvalue weighted by atomic mass is 35.5. The molecule has 0 fully saturated rings. The van der Waals surface area contributed by atoms with Gasteiger partial charge < -0.3 is 9.47 Å². The fourth-order valence-electron chi connectivity index (χ4n) is 3.34. The lowest BCUT2D eigenvalue weighted by atomic mass is 10.1. The predicted octanol–water partition coefficient (Wildman–Crippen LogP) is 4.82. The molecule has 0 atom stereocenters. The predicted molar refractivity (Wildman–Crippen MR) is 121 cm³/mol. The fraction of sp³-hybridized carbons (Fsp3) is 0.167. The number of halogens is 1. The molecule has 7 nitrogen and oxygen atoms in total. The molecular formula is C24H20ClN3O4. The molecule has 8 heteroatoms. The number of nitrogens with zero attached hydrogens (tertiary/aromatic N) is 3. The first-order valence-corrected chi connectivity index (χ1v) is 10.4. The lowest BCUT2D eigenvalue weighted by molar-refractivity contribution is 0.0476. The van der Waals surface area contributed by atoms with Crippen LogP contribution in [-0.2, 0) is 11.3 Å². The highest BCUT2D eigenvalue weighted by molar-refractivity contribution is 6.32. The Balaban J connectivity index is 1.62. The third-order valence-corrected chi connectivity index (χ3v) is 5.30. The van der Waals surface area contributed by atoms with Crippen LogP contribution in [0.15, 0.2) is 60.8 Å². The second-order valence-corrected chi connectivity index (χ2v) is 7.37. The van der Waals surface area contributed by atoms with E-state index >= 15 is 0 Å². The van der Waals surface area contributed by atoms with Gasteiger partial charge in [-0.15, -0.1) is 0 Å². The van der Waals surface area contributed by atoms with E-state index < -0.39 is 12.6 Å². The van der Waals surface area contributed by atoms with Gasteiger partial charge in [-0.2, -0.15) is 5.10 Å². The smallest absolute Gasteiger partial charge is 0.339 e. The summed E-state index contributed by atoms with van der Waals surface area (Å²) in [6, 6.07) is 15.8. The number of Topliss-reactive ketones (excluding diaryl/α,β-unsaturated/α-hetero) is 1. The van der Waals surface area contributed by atoms with Gasteiger partial charge in [0, 0.05) is 17.7 Å². The highest BCUT2D eigenvalue weighted by Crippen LogP contribution is 2.27. The number of aryl methyl sites for hydroxylation is 1. The van der Waals surface area contributed by atoms with E-state index in [9.17, 15) is 9.59 Å². The van der Waals surface area contributed by atoms with Crippen LogP contribution in [0.3, 0.4) is 0 Å². The number of benzene rings is 2. The number of ketones is 1. The van der Waals surface area contributed by atoms with Crippen molar-refractivity contribution in [2.45, 2.75) is 13.5 Å². The van der Waals surface area contributed by atoms with Crippen molar-refractivity contribution in [3.05, 3.63) is 76.9 Å². The van der Waals surface area contributed by atoms with Crippen LogP contribution in [0, 0.1) is 0 Å². The first-order valence-electron chi connectivity index (χ1n) is 9.97. The monoisotopic (exact) mass is 449 g/mol. The molecule has 4 rings (SSSR count). The summed E-state index contributed by atoms with van der Waals surface area (Å²) in [6.07, 6.45) is 1.59. The van der Waals surface area contributed by atoms with Gasteiger partial charge in [-0.25, -0.2) is 14.5 Å². The molecule has 0 radical (unpaired) electrons. The Hall–Kier alpha value is -3.71. The minimum atomic E-state index is -0.627. The summed E-state index contributed by atoms with van der Waals surface area (Å²) < 4.78 is 12.2. The number of esters is 1. The topological polar surface area (TPSA) is 83.3 Å². The SMILES string of the molecule is CCn1ncc2c(C(=O)OCC(=O)c3ccc(OC)c(Cl)c3)cc(-c3ccccc3)nc21. The van der Waals surface area contributed by atoms with Crippen molar-refractivity contribution < 1.29 is 19.1 Å². The van der Waals surface area contributed by atoms with E-state index in [1.807, 2.05) is 37.3 Å². The van der Waals surface area contributed by atoms with E-state index in [0.717, 1.165) is 5.56 Å². The molecule has 0 aliphatic heterocycles. The zero-order valence-corrected chi connectivity index (χ0v) is 18.3. The number of pyridine rings is 1. The summed E-state index contributed by atoms with van der Waals surface area (Å²) >= 11 is 6.09. The van der Waals surface area contributed by atoms with Crippen molar-refractivity contribution in [3.63, 3.8) is 0 Å². The van der Waals surface area contributed by atoms with Crippen LogP contribution in [0.1, 0.15) is 27.6 Å². The standard InChI is InChI=1S/C24H20ClN3O4/c1-3-28-23-18(13-26-28)17(12-20(27-23)15-7-5-4-6-8-15)24(30)32-14-21(29)16-9-10-22(31-2)19(25)11-16/h4-13H,3,14H2,1-2H3. The van der Waals surface area contributed by atoms with Gasteiger partial charge in [0.05, 0.1) is 35.0 Å². The molecule has 0 bridgehead atoms. The molecule has 0 spiro atoms. The first-order chi connectivity index (χ1) is 15.5. The van der Waals surface area contributed by atoms with Gasteiger partial charge in [-0.3, -0.25) is 4.79 Å². The van der Waals surface area contributed by atoms with Crippen molar-refractivity contribution in [2.75, 3.05) is 13.7 Å². The van der Waals surface area contributed by atoms with Crippen LogP contribution in [-0.4, -0.2) is 40.2 Å². The summed E-state index contributed by atoms with van der Waals surface area (Å²) in [5.41, 5.74) is 2.68. The van der Waals surface area contributed by atoms with E-state index in [1.165, 1.54) is 13.2 Å². The van der Waals surface area contributed by atoms with E-state index in [1.54, 1.807) is 29.1 Å². The van der Waals surface area contributed by atoms with Gasteiger partial charge in [0.2, 0.25) is 0 Å². The molecule has 2 aromatic carbocycles. The van der Waals surface area contributed by atoms with Crippen molar-refractivity contribution in [1.29, 1.82) is 0 Å². The minimum absolute atomic E-state index is 0.300.